The molecule has 9 heteroatoms. The van der Waals surface area contributed by atoms with E-state index in [4.69, 9.17) is 16.7 Å². The maximum absolute atomic E-state index is 12.5. The Hall–Kier alpha value is -1.15. The van der Waals surface area contributed by atoms with Crippen LogP contribution >= 0.6 is 11.6 Å². The molecule has 102 valence electrons. The molecule has 18 heavy (non-hydrogen) atoms. The molecule has 3 nitrogen and oxygen atoms in total. The van der Waals surface area contributed by atoms with Crippen molar-refractivity contribution in [3.63, 3.8) is 0 Å². The summed E-state index contributed by atoms with van der Waals surface area (Å²) in [6.45, 7) is -0.965. The zero-order valence-electron chi connectivity index (χ0n) is 8.64. The molecule has 0 radical (unpaired) electrons. The van der Waals surface area contributed by atoms with Crippen LogP contribution in [-0.2, 0) is 12.5 Å². The van der Waals surface area contributed by atoms with Crippen LogP contribution in [0.3, 0.4) is 0 Å². The number of hydrogen-bond donors (Lipinski definition) is 1. The van der Waals surface area contributed by atoms with Gasteiger partial charge >= 0.3 is 6.36 Å². The van der Waals surface area contributed by atoms with Crippen molar-refractivity contribution in [2.75, 3.05) is 0 Å². The summed E-state index contributed by atoms with van der Waals surface area (Å²) in [7, 11) is 0. The second kappa shape index (κ2) is 5.66. The van der Waals surface area contributed by atoms with Crippen molar-refractivity contribution in [1.82, 2.24) is 4.98 Å². The van der Waals surface area contributed by atoms with Crippen LogP contribution in [0.5, 0.6) is 5.75 Å². The summed E-state index contributed by atoms with van der Waals surface area (Å²) in [5, 5.41) is 8.80. The van der Waals surface area contributed by atoms with E-state index >= 15 is 0 Å². The third-order valence-electron chi connectivity index (χ3n) is 1.90. The first-order chi connectivity index (χ1) is 8.28. The molecule has 0 aliphatic rings. The van der Waals surface area contributed by atoms with E-state index in [1.54, 1.807) is 0 Å². The summed E-state index contributed by atoms with van der Waals surface area (Å²) in [5.74, 6) is -1.29. The predicted octanol–water partition coefficient (Wildman–Crippen LogP) is 3.15. The fraction of sp³-hybridized carbons (Fsp3) is 0.444. The number of halogens is 6. The highest BCUT2D eigenvalue weighted by molar-refractivity contribution is 6.17. The summed E-state index contributed by atoms with van der Waals surface area (Å²) in [5.41, 5.74) is -1.69. The number of rotatable bonds is 4. The average molecular weight is 292 g/mol. The van der Waals surface area contributed by atoms with Gasteiger partial charge in [0.2, 0.25) is 0 Å². The summed E-state index contributed by atoms with van der Waals surface area (Å²) in [6, 6.07) is 0.695. The Kier molecular flexibility index (Phi) is 4.69. The summed E-state index contributed by atoms with van der Waals surface area (Å²) in [6.07, 6.45) is -8.02. The summed E-state index contributed by atoms with van der Waals surface area (Å²) in [4.78, 5) is 3.24. The van der Waals surface area contributed by atoms with E-state index in [1.807, 2.05) is 0 Å². The number of ether oxygens (including phenoxy) is 1. The van der Waals surface area contributed by atoms with Gasteiger partial charge in [-0.3, -0.25) is 0 Å². The third kappa shape index (κ3) is 3.67. The Bertz CT molecular complexity index is 424. The molecule has 0 bridgehead atoms. The SMILES string of the molecule is OCc1nc(C(F)F)c(CCl)cc1OC(F)(F)F. The van der Waals surface area contributed by atoms with Crippen LogP contribution in [0.4, 0.5) is 22.0 Å². The van der Waals surface area contributed by atoms with Gasteiger partial charge in [0.05, 0.1) is 6.61 Å². The van der Waals surface area contributed by atoms with Crippen molar-refractivity contribution in [3.05, 3.63) is 23.0 Å². The lowest BCUT2D eigenvalue weighted by molar-refractivity contribution is -0.275. The van der Waals surface area contributed by atoms with Crippen LogP contribution in [0.1, 0.15) is 23.4 Å². The zero-order valence-corrected chi connectivity index (χ0v) is 9.40. The molecular formula is C9H7ClF5NO2. The predicted molar refractivity (Wildman–Crippen MR) is 51.4 cm³/mol. The van der Waals surface area contributed by atoms with Crippen LogP contribution in [0, 0.1) is 0 Å². The summed E-state index contributed by atoms with van der Waals surface area (Å²) >= 11 is 5.34. The van der Waals surface area contributed by atoms with Crippen molar-refractivity contribution in [1.29, 1.82) is 0 Å². The minimum Gasteiger partial charge on any atom is -0.404 e. The number of aliphatic hydroxyl groups excluding tert-OH is 1. The third-order valence-corrected chi connectivity index (χ3v) is 2.19. The first-order valence-corrected chi connectivity index (χ1v) is 5.05. The van der Waals surface area contributed by atoms with Gasteiger partial charge in [0, 0.05) is 5.88 Å². The Balaban J connectivity index is 3.26. The molecule has 1 N–H and O–H groups in total. The number of aromatic nitrogens is 1. The van der Waals surface area contributed by atoms with Crippen LogP contribution in [0.15, 0.2) is 6.07 Å². The van der Waals surface area contributed by atoms with E-state index in [9.17, 15) is 22.0 Å². The lowest BCUT2D eigenvalue weighted by Crippen LogP contribution is -2.19. The minimum atomic E-state index is -5.01. The molecule has 0 saturated carbocycles. The van der Waals surface area contributed by atoms with E-state index in [0.717, 1.165) is 0 Å². The fourth-order valence-electron chi connectivity index (χ4n) is 1.21. The van der Waals surface area contributed by atoms with Crippen molar-refractivity contribution < 1.29 is 31.8 Å². The van der Waals surface area contributed by atoms with Gasteiger partial charge in [-0.25, -0.2) is 13.8 Å². The van der Waals surface area contributed by atoms with Gasteiger partial charge in [-0.1, -0.05) is 0 Å². The molecule has 0 aliphatic heterocycles. The van der Waals surface area contributed by atoms with E-state index in [0.29, 0.717) is 6.07 Å². The van der Waals surface area contributed by atoms with Gasteiger partial charge in [0.25, 0.3) is 6.43 Å². The van der Waals surface area contributed by atoms with Gasteiger partial charge in [0.15, 0.2) is 5.75 Å². The molecule has 0 spiro atoms. The number of aliphatic hydroxyl groups is 1. The maximum Gasteiger partial charge on any atom is 0.573 e. The van der Waals surface area contributed by atoms with Crippen LogP contribution in [0.25, 0.3) is 0 Å². The normalized spacial score (nSPS) is 12.0. The molecule has 0 aromatic carbocycles. The average Bonchev–Trinajstić information content (AvgIpc) is 2.25. The Morgan fingerprint density at radius 2 is 2.00 bits per heavy atom. The van der Waals surface area contributed by atoms with Gasteiger partial charge in [0.1, 0.15) is 11.4 Å². The van der Waals surface area contributed by atoms with Crippen LogP contribution < -0.4 is 4.74 Å². The minimum absolute atomic E-state index is 0.289. The Morgan fingerprint density at radius 3 is 2.39 bits per heavy atom. The molecule has 1 heterocycles. The molecule has 1 rings (SSSR count). The Morgan fingerprint density at radius 1 is 1.39 bits per heavy atom. The fourth-order valence-corrected chi connectivity index (χ4v) is 1.42. The highest BCUT2D eigenvalue weighted by Crippen LogP contribution is 2.31. The topological polar surface area (TPSA) is 42.4 Å². The molecule has 0 fully saturated rings. The van der Waals surface area contributed by atoms with Gasteiger partial charge < -0.3 is 9.84 Å². The van der Waals surface area contributed by atoms with E-state index in [2.05, 4.69) is 9.72 Å². The van der Waals surface area contributed by atoms with Crippen LogP contribution in [-0.4, -0.2) is 16.5 Å². The van der Waals surface area contributed by atoms with Crippen molar-refractivity contribution >= 4 is 11.6 Å². The van der Waals surface area contributed by atoms with E-state index < -0.39 is 42.4 Å². The van der Waals surface area contributed by atoms with Crippen molar-refractivity contribution in [3.8, 4) is 5.75 Å². The molecular weight excluding hydrogens is 285 g/mol. The standard InChI is InChI=1S/C9H7ClF5NO2/c10-2-4-1-6(18-9(13,14)15)5(3-17)16-7(4)8(11)12/h1,8,17H,2-3H2. The van der Waals surface area contributed by atoms with Gasteiger partial charge in [-0.2, -0.15) is 0 Å². The molecule has 0 atom stereocenters. The highest BCUT2D eigenvalue weighted by Gasteiger charge is 2.33. The highest BCUT2D eigenvalue weighted by atomic mass is 35.5. The largest absolute Gasteiger partial charge is 0.573 e. The molecule has 1 aromatic heterocycles. The quantitative estimate of drug-likeness (QED) is 0.684. The molecule has 0 unspecified atom stereocenters. The maximum atomic E-state index is 12.5. The van der Waals surface area contributed by atoms with Gasteiger partial charge in [-0.05, 0) is 11.6 Å². The van der Waals surface area contributed by atoms with Crippen molar-refractivity contribution in [2.24, 2.45) is 0 Å². The first kappa shape index (κ1) is 14.9. The van der Waals surface area contributed by atoms with Gasteiger partial charge in [-0.15, -0.1) is 24.8 Å². The summed E-state index contributed by atoms with van der Waals surface area (Å²) < 4.78 is 64.8. The number of pyridine rings is 1. The number of alkyl halides is 6. The van der Waals surface area contributed by atoms with Crippen LogP contribution in [0.2, 0.25) is 0 Å². The number of hydrogen-bond acceptors (Lipinski definition) is 3. The number of nitrogens with zero attached hydrogens (tertiary/aromatic N) is 1. The van der Waals surface area contributed by atoms with E-state index in [-0.39, 0.29) is 5.56 Å². The zero-order chi connectivity index (χ0) is 13.9. The molecule has 0 amide bonds. The van der Waals surface area contributed by atoms with Crippen molar-refractivity contribution in [2.45, 2.75) is 25.3 Å². The second-order valence-electron chi connectivity index (χ2n) is 3.12. The van der Waals surface area contributed by atoms with E-state index in [1.165, 1.54) is 0 Å². The second-order valence-corrected chi connectivity index (χ2v) is 3.39. The molecule has 0 aliphatic carbocycles. The first-order valence-electron chi connectivity index (χ1n) is 4.52. The molecule has 0 saturated heterocycles. The molecule has 1 aromatic rings. The lowest BCUT2D eigenvalue weighted by atomic mass is 10.2. The Labute approximate surface area is 103 Å². The smallest absolute Gasteiger partial charge is 0.404 e. The lowest BCUT2D eigenvalue weighted by Gasteiger charge is -2.14. The monoisotopic (exact) mass is 291 g/mol.